The van der Waals surface area contributed by atoms with Gasteiger partial charge in [0.2, 0.25) is 5.91 Å². The number of halogens is 1. The average molecular weight is 385 g/mol. The number of carbonyl (C=O) groups excluding carboxylic acids is 2. The first-order chi connectivity index (χ1) is 13.4. The number of nitrogens with zero attached hydrogens (tertiary/aromatic N) is 1. The van der Waals surface area contributed by atoms with E-state index in [1.54, 1.807) is 12.1 Å². The van der Waals surface area contributed by atoms with Gasteiger partial charge in [0.25, 0.3) is 0 Å². The molecule has 1 heterocycles. The molecule has 28 heavy (non-hydrogen) atoms. The van der Waals surface area contributed by atoms with Crippen molar-refractivity contribution >= 4 is 17.7 Å². The summed E-state index contributed by atoms with van der Waals surface area (Å²) in [7, 11) is 1.33. The normalized spacial score (nSPS) is 15.6. The maximum atomic E-state index is 13.8. The molecule has 0 radical (unpaired) electrons. The van der Waals surface area contributed by atoms with Gasteiger partial charge in [-0.3, -0.25) is 9.59 Å². The molecule has 0 saturated carbocycles. The van der Waals surface area contributed by atoms with E-state index in [-0.39, 0.29) is 36.5 Å². The largest absolute Gasteiger partial charge is 0.494 e. The molecule has 1 aliphatic heterocycles. The number of methoxy groups -OCH3 is 1. The van der Waals surface area contributed by atoms with Crippen LogP contribution in [0.25, 0.3) is 0 Å². The minimum absolute atomic E-state index is 0.0314. The van der Waals surface area contributed by atoms with Crippen molar-refractivity contribution in [3.05, 3.63) is 65.0 Å². The molecule has 2 aromatic carbocycles. The van der Waals surface area contributed by atoms with Crippen molar-refractivity contribution in [2.45, 2.75) is 25.3 Å². The van der Waals surface area contributed by atoms with Crippen LogP contribution in [0, 0.1) is 5.82 Å². The zero-order chi connectivity index (χ0) is 20.3. The second-order valence-corrected chi connectivity index (χ2v) is 6.55. The smallest absolute Gasteiger partial charge is 0.331 e. The highest BCUT2D eigenvalue weighted by molar-refractivity contribution is 5.98. The van der Waals surface area contributed by atoms with Crippen LogP contribution in [0.3, 0.4) is 0 Å². The maximum Gasteiger partial charge on any atom is 0.331 e. The first-order valence-electron chi connectivity index (χ1n) is 8.89. The molecule has 1 atom stereocenters. The lowest BCUT2D eigenvalue weighted by Crippen LogP contribution is -2.43. The molecule has 0 aliphatic carbocycles. The van der Waals surface area contributed by atoms with E-state index in [9.17, 15) is 23.9 Å². The first-order valence-corrected chi connectivity index (χ1v) is 8.89. The molecule has 1 amide bonds. The fraction of sp³-hybridized carbons (Fsp3) is 0.286. The van der Waals surface area contributed by atoms with E-state index in [4.69, 9.17) is 4.74 Å². The van der Waals surface area contributed by atoms with E-state index < -0.39 is 23.7 Å². The second-order valence-electron chi connectivity index (χ2n) is 6.55. The van der Waals surface area contributed by atoms with Crippen LogP contribution in [-0.4, -0.2) is 41.3 Å². The van der Waals surface area contributed by atoms with Gasteiger partial charge in [-0.25, -0.2) is 9.18 Å². The van der Waals surface area contributed by atoms with Gasteiger partial charge in [0.1, 0.15) is 0 Å². The standard InChI is InChI=1S/C21H20FNO5/c1-28-18-8-6-14(12-16(18)22)17(24)7-9-19(25)23-11-10-13-4-2-3-5-15(13)20(23)21(26)27/h2-6,8,12,20H,7,9-11H2,1H3,(H,26,27). The molecule has 0 fully saturated rings. The summed E-state index contributed by atoms with van der Waals surface area (Å²) in [6.07, 6.45) is 0.289. The molecule has 0 bridgehead atoms. The summed E-state index contributed by atoms with van der Waals surface area (Å²) in [5.41, 5.74) is 1.65. The predicted octanol–water partition coefficient (Wildman–Crippen LogP) is 3.01. The number of rotatable bonds is 6. The van der Waals surface area contributed by atoms with Crippen LogP contribution in [0.1, 0.15) is 40.4 Å². The first kappa shape index (κ1) is 19.5. The van der Waals surface area contributed by atoms with Gasteiger partial charge in [-0.05, 0) is 35.7 Å². The summed E-state index contributed by atoms with van der Waals surface area (Å²) in [6, 6.07) is 9.94. The molecular weight excluding hydrogens is 365 g/mol. The Balaban J connectivity index is 1.70. The number of carbonyl (C=O) groups is 3. The van der Waals surface area contributed by atoms with E-state index >= 15 is 0 Å². The number of Topliss-reactive ketones (excluding diaryl/α,β-unsaturated/α-hetero) is 1. The SMILES string of the molecule is COc1ccc(C(=O)CCC(=O)N2CCc3ccccc3C2C(=O)O)cc1F. The van der Waals surface area contributed by atoms with Crippen molar-refractivity contribution in [1.29, 1.82) is 0 Å². The summed E-state index contributed by atoms with van der Waals surface area (Å²) in [4.78, 5) is 38.0. The molecule has 1 aliphatic rings. The van der Waals surface area contributed by atoms with Crippen LogP contribution in [0.5, 0.6) is 5.75 Å². The third-order valence-electron chi connectivity index (χ3n) is 4.88. The molecule has 7 heteroatoms. The maximum absolute atomic E-state index is 13.8. The van der Waals surface area contributed by atoms with Crippen LogP contribution in [0.15, 0.2) is 42.5 Å². The molecule has 1 N–H and O–H groups in total. The molecule has 0 spiro atoms. The highest BCUT2D eigenvalue weighted by Crippen LogP contribution is 2.30. The van der Waals surface area contributed by atoms with Gasteiger partial charge in [-0.1, -0.05) is 24.3 Å². The van der Waals surface area contributed by atoms with Gasteiger partial charge < -0.3 is 14.7 Å². The molecule has 0 saturated heterocycles. The van der Waals surface area contributed by atoms with Crippen molar-refractivity contribution in [3.63, 3.8) is 0 Å². The molecule has 1 unspecified atom stereocenters. The summed E-state index contributed by atoms with van der Waals surface area (Å²) in [5.74, 6) is -2.53. The van der Waals surface area contributed by atoms with E-state index in [1.807, 2.05) is 12.1 Å². The fourth-order valence-electron chi connectivity index (χ4n) is 3.45. The van der Waals surface area contributed by atoms with Crippen LogP contribution in [0.2, 0.25) is 0 Å². The molecule has 2 aromatic rings. The van der Waals surface area contributed by atoms with Crippen LogP contribution >= 0.6 is 0 Å². The lowest BCUT2D eigenvalue weighted by Gasteiger charge is -2.34. The minimum Gasteiger partial charge on any atom is -0.494 e. The summed E-state index contributed by atoms with van der Waals surface area (Å²) < 4.78 is 18.6. The lowest BCUT2D eigenvalue weighted by atomic mass is 9.92. The Kier molecular flexibility index (Phi) is 5.73. The zero-order valence-corrected chi connectivity index (χ0v) is 15.4. The molecule has 3 rings (SSSR count). The number of amides is 1. The highest BCUT2D eigenvalue weighted by Gasteiger charge is 2.35. The van der Waals surface area contributed by atoms with Crippen LogP contribution in [0.4, 0.5) is 4.39 Å². The summed E-state index contributed by atoms with van der Waals surface area (Å²) in [5, 5.41) is 9.63. The van der Waals surface area contributed by atoms with Crippen molar-refractivity contribution in [1.82, 2.24) is 4.90 Å². The third kappa shape index (κ3) is 3.88. The molecule has 0 aromatic heterocycles. The van der Waals surface area contributed by atoms with Gasteiger partial charge in [-0.15, -0.1) is 0 Å². The van der Waals surface area contributed by atoms with Crippen molar-refractivity contribution in [2.24, 2.45) is 0 Å². The van der Waals surface area contributed by atoms with Gasteiger partial charge >= 0.3 is 5.97 Å². The number of carboxylic acid groups (broad SMARTS) is 1. The summed E-state index contributed by atoms with van der Waals surface area (Å²) >= 11 is 0. The average Bonchev–Trinajstić information content (AvgIpc) is 2.70. The number of fused-ring (bicyclic) bond motifs is 1. The number of ether oxygens (including phenoxy) is 1. The quantitative estimate of drug-likeness (QED) is 0.773. The number of aliphatic carboxylic acids is 1. The molecular formula is C21H20FNO5. The Hall–Kier alpha value is -3.22. The second kappa shape index (κ2) is 8.21. The Morgan fingerprint density at radius 3 is 2.61 bits per heavy atom. The van der Waals surface area contributed by atoms with Crippen molar-refractivity contribution in [2.75, 3.05) is 13.7 Å². The topological polar surface area (TPSA) is 83.9 Å². The summed E-state index contributed by atoms with van der Waals surface area (Å²) in [6.45, 7) is 0.276. The number of carboxylic acids is 1. The number of ketones is 1. The molecule has 6 nitrogen and oxygen atoms in total. The third-order valence-corrected chi connectivity index (χ3v) is 4.88. The van der Waals surface area contributed by atoms with E-state index in [1.165, 1.54) is 24.1 Å². The Labute approximate surface area is 161 Å². The number of hydrogen-bond acceptors (Lipinski definition) is 4. The Morgan fingerprint density at radius 1 is 1.18 bits per heavy atom. The van der Waals surface area contributed by atoms with Crippen LogP contribution < -0.4 is 4.74 Å². The Bertz CT molecular complexity index is 927. The lowest BCUT2D eigenvalue weighted by molar-refractivity contribution is -0.151. The van der Waals surface area contributed by atoms with Gasteiger partial charge in [0, 0.05) is 24.9 Å². The van der Waals surface area contributed by atoms with Crippen LogP contribution in [-0.2, 0) is 16.0 Å². The van der Waals surface area contributed by atoms with E-state index in [2.05, 4.69) is 0 Å². The molecule has 146 valence electrons. The van der Waals surface area contributed by atoms with E-state index in [0.29, 0.717) is 12.0 Å². The fourth-order valence-corrected chi connectivity index (χ4v) is 3.45. The van der Waals surface area contributed by atoms with E-state index in [0.717, 1.165) is 11.6 Å². The van der Waals surface area contributed by atoms with Gasteiger partial charge in [0.15, 0.2) is 23.4 Å². The number of hydrogen-bond donors (Lipinski definition) is 1. The monoisotopic (exact) mass is 385 g/mol. The van der Waals surface area contributed by atoms with Crippen molar-refractivity contribution in [3.8, 4) is 5.75 Å². The minimum atomic E-state index is -1.11. The van der Waals surface area contributed by atoms with Crippen molar-refractivity contribution < 1.29 is 28.6 Å². The van der Waals surface area contributed by atoms with Gasteiger partial charge in [0.05, 0.1) is 7.11 Å². The van der Waals surface area contributed by atoms with Gasteiger partial charge in [-0.2, -0.15) is 0 Å². The highest BCUT2D eigenvalue weighted by atomic mass is 19.1. The number of benzene rings is 2. The Morgan fingerprint density at radius 2 is 1.93 bits per heavy atom. The predicted molar refractivity (Wildman–Crippen MR) is 98.8 cm³/mol. The zero-order valence-electron chi connectivity index (χ0n) is 15.4.